The van der Waals surface area contributed by atoms with Crippen LogP contribution in [0.2, 0.25) is 0 Å². The average molecular weight is 387 g/mol. The van der Waals surface area contributed by atoms with Crippen molar-refractivity contribution in [1.82, 2.24) is 14.5 Å². The van der Waals surface area contributed by atoms with E-state index in [0.717, 1.165) is 37.4 Å². The summed E-state index contributed by atoms with van der Waals surface area (Å²) in [5.41, 5.74) is 2.09. The van der Waals surface area contributed by atoms with Gasteiger partial charge in [-0.3, -0.25) is 14.3 Å². The molecule has 4 nitrogen and oxygen atoms in total. The lowest BCUT2D eigenvalue weighted by Gasteiger charge is -2.42. The summed E-state index contributed by atoms with van der Waals surface area (Å²) in [5, 5.41) is 0.627. The van der Waals surface area contributed by atoms with Gasteiger partial charge >= 0.3 is 0 Å². The minimum atomic E-state index is -0.304. The lowest BCUT2D eigenvalue weighted by atomic mass is 9.93. The minimum Gasteiger partial charge on any atom is -0.293 e. The summed E-state index contributed by atoms with van der Waals surface area (Å²) in [5.74, 6) is 7.25. The Morgan fingerprint density at radius 3 is 2.72 bits per heavy atom. The number of fused-ring (bicyclic) bond motifs is 3. The number of aromatic nitrogens is 2. The number of benzene rings is 2. The van der Waals surface area contributed by atoms with Crippen molar-refractivity contribution in [3.63, 3.8) is 0 Å². The first-order valence-corrected chi connectivity index (χ1v) is 10.1. The molecule has 0 radical (unpaired) electrons. The van der Waals surface area contributed by atoms with E-state index in [-0.39, 0.29) is 11.4 Å². The fraction of sp³-hybridized carbons (Fsp3) is 0.333. The van der Waals surface area contributed by atoms with Gasteiger partial charge in [0.05, 0.1) is 17.4 Å². The Labute approximate surface area is 169 Å². The molecular formula is C24H22FN3O. The SMILES string of the molecule is CC1CCC2Cn3c(nc4cc(C#Cc5cccc(F)c5)ccc4c3=O)CN2C1. The van der Waals surface area contributed by atoms with E-state index in [9.17, 15) is 9.18 Å². The number of nitrogens with zero attached hydrogens (tertiary/aromatic N) is 3. The standard InChI is InChI=1S/C24H22FN3O/c1-16-5-9-20-14-28-23(15-27(20)13-16)26-22-12-18(8-10-21(22)24(28)29)7-6-17-3-2-4-19(25)11-17/h2-4,8,10-12,16,20H,5,9,13-15H2,1H3. The highest BCUT2D eigenvalue weighted by molar-refractivity contribution is 5.79. The molecule has 1 aromatic heterocycles. The van der Waals surface area contributed by atoms with Gasteiger partial charge in [0.1, 0.15) is 11.6 Å². The van der Waals surface area contributed by atoms with E-state index in [4.69, 9.17) is 4.98 Å². The zero-order chi connectivity index (χ0) is 20.0. The molecule has 1 fully saturated rings. The van der Waals surface area contributed by atoms with Gasteiger partial charge in [-0.1, -0.05) is 24.8 Å². The van der Waals surface area contributed by atoms with Crippen LogP contribution in [0.25, 0.3) is 10.9 Å². The summed E-state index contributed by atoms with van der Waals surface area (Å²) in [7, 11) is 0. The molecule has 2 aliphatic heterocycles. The molecule has 29 heavy (non-hydrogen) atoms. The minimum absolute atomic E-state index is 0.0351. The molecule has 0 N–H and O–H groups in total. The molecule has 0 spiro atoms. The number of rotatable bonds is 0. The third-order valence-corrected chi connectivity index (χ3v) is 6.00. The van der Waals surface area contributed by atoms with E-state index >= 15 is 0 Å². The van der Waals surface area contributed by atoms with Gasteiger partial charge in [0.25, 0.3) is 5.56 Å². The Balaban J connectivity index is 1.52. The van der Waals surface area contributed by atoms with Crippen LogP contribution in [-0.2, 0) is 13.1 Å². The summed E-state index contributed by atoms with van der Waals surface area (Å²) in [6, 6.07) is 12.2. The fourth-order valence-corrected chi connectivity index (χ4v) is 4.46. The van der Waals surface area contributed by atoms with Crippen molar-refractivity contribution in [3.8, 4) is 11.8 Å². The first-order valence-electron chi connectivity index (χ1n) is 10.1. The van der Waals surface area contributed by atoms with E-state index in [0.29, 0.717) is 28.4 Å². The van der Waals surface area contributed by atoms with Gasteiger partial charge < -0.3 is 0 Å². The van der Waals surface area contributed by atoms with Gasteiger partial charge in [0, 0.05) is 30.3 Å². The van der Waals surface area contributed by atoms with Crippen LogP contribution in [0.5, 0.6) is 0 Å². The second-order valence-electron chi connectivity index (χ2n) is 8.20. The Kier molecular flexibility index (Phi) is 4.44. The Morgan fingerprint density at radius 1 is 1.07 bits per heavy atom. The van der Waals surface area contributed by atoms with E-state index in [1.54, 1.807) is 12.1 Å². The van der Waals surface area contributed by atoms with Crippen LogP contribution in [-0.4, -0.2) is 27.0 Å². The maximum absolute atomic E-state index is 13.3. The van der Waals surface area contributed by atoms with Crippen LogP contribution < -0.4 is 5.56 Å². The van der Waals surface area contributed by atoms with Crippen LogP contribution in [0.1, 0.15) is 36.7 Å². The van der Waals surface area contributed by atoms with Gasteiger partial charge in [-0.2, -0.15) is 0 Å². The molecule has 0 bridgehead atoms. The molecule has 5 heteroatoms. The third-order valence-electron chi connectivity index (χ3n) is 6.00. The van der Waals surface area contributed by atoms with Crippen molar-refractivity contribution in [2.75, 3.05) is 6.54 Å². The summed E-state index contributed by atoms with van der Waals surface area (Å²) < 4.78 is 15.2. The van der Waals surface area contributed by atoms with Crippen LogP contribution in [0, 0.1) is 23.6 Å². The summed E-state index contributed by atoms with van der Waals surface area (Å²) in [4.78, 5) is 20.4. The molecule has 146 valence electrons. The molecule has 3 heterocycles. The van der Waals surface area contributed by atoms with E-state index in [1.807, 2.05) is 22.8 Å². The Bertz CT molecular complexity index is 1220. The highest BCUT2D eigenvalue weighted by atomic mass is 19.1. The highest BCUT2D eigenvalue weighted by Gasteiger charge is 2.32. The van der Waals surface area contributed by atoms with E-state index < -0.39 is 0 Å². The second-order valence-corrected chi connectivity index (χ2v) is 8.20. The van der Waals surface area contributed by atoms with E-state index in [1.165, 1.54) is 18.6 Å². The molecule has 1 saturated heterocycles. The Hall–Kier alpha value is -2.97. The first-order chi connectivity index (χ1) is 14.1. The maximum atomic E-state index is 13.3. The fourth-order valence-electron chi connectivity index (χ4n) is 4.46. The van der Waals surface area contributed by atoms with Crippen molar-refractivity contribution in [1.29, 1.82) is 0 Å². The van der Waals surface area contributed by atoms with Crippen molar-refractivity contribution in [3.05, 3.63) is 75.6 Å². The van der Waals surface area contributed by atoms with Crippen LogP contribution >= 0.6 is 0 Å². The lowest BCUT2D eigenvalue weighted by molar-refractivity contribution is 0.0687. The molecular weight excluding hydrogens is 365 g/mol. The van der Waals surface area contributed by atoms with Gasteiger partial charge in [-0.05, 0) is 55.2 Å². The Morgan fingerprint density at radius 2 is 1.90 bits per heavy atom. The molecule has 3 aromatic rings. The molecule has 0 amide bonds. The number of hydrogen-bond acceptors (Lipinski definition) is 3. The van der Waals surface area contributed by atoms with Crippen LogP contribution in [0.15, 0.2) is 47.3 Å². The molecule has 2 unspecified atom stereocenters. The number of hydrogen-bond donors (Lipinski definition) is 0. The summed E-state index contributed by atoms with van der Waals surface area (Å²) in [6.45, 7) is 4.80. The number of halogens is 1. The zero-order valence-electron chi connectivity index (χ0n) is 16.4. The van der Waals surface area contributed by atoms with Crippen LogP contribution in [0.4, 0.5) is 4.39 Å². The van der Waals surface area contributed by atoms with Crippen molar-refractivity contribution >= 4 is 10.9 Å². The molecule has 2 atom stereocenters. The van der Waals surface area contributed by atoms with Gasteiger partial charge in [-0.15, -0.1) is 0 Å². The first kappa shape index (κ1) is 18.1. The number of piperidine rings is 1. The topological polar surface area (TPSA) is 38.1 Å². The van der Waals surface area contributed by atoms with Gasteiger partial charge in [0.2, 0.25) is 0 Å². The van der Waals surface area contributed by atoms with Gasteiger partial charge in [-0.25, -0.2) is 9.37 Å². The maximum Gasteiger partial charge on any atom is 0.261 e. The highest BCUT2D eigenvalue weighted by Crippen LogP contribution is 2.27. The normalized spacial score (nSPS) is 21.2. The molecule has 2 aromatic carbocycles. The molecule has 0 saturated carbocycles. The van der Waals surface area contributed by atoms with Gasteiger partial charge in [0.15, 0.2) is 0 Å². The molecule has 2 aliphatic rings. The third kappa shape index (κ3) is 3.45. The molecule has 0 aliphatic carbocycles. The predicted molar refractivity (Wildman–Crippen MR) is 111 cm³/mol. The average Bonchev–Trinajstić information content (AvgIpc) is 2.71. The zero-order valence-corrected chi connectivity index (χ0v) is 16.4. The largest absolute Gasteiger partial charge is 0.293 e. The quantitative estimate of drug-likeness (QED) is 0.554. The molecule has 5 rings (SSSR count). The van der Waals surface area contributed by atoms with E-state index in [2.05, 4.69) is 23.7 Å². The lowest BCUT2D eigenvalue weighted by Crippen LogP contribution is -2.50. The van der Waals surface area contributed by atoms with Crippen LogP contribution in [0.3, 0.4) is 0 Å². The second kappa shape index (κ2) is 7.13. The predicted octanol–water partition coefficient (Wildman–Crippen LogP) is 3.55. The smallest absolute Gasteiger partial charge is 0.261 e. The summed E-state index contributed by atoms with van der Waals surface area (Å²) in [6.07, 6.45) is 2.36. The van der Waals surface area contributed by atoms with Crippen molar-refractivity contribution < 1.29 is 4.39 Å². The van der Waals surface area contributed by atoms with Crippen molar-refractivity contribution in [2.45, 2.75) is 38.9 Å². The summed E-state index contributed by atoms with van der Waals surface area (Å²) >= 11 is 0. The van der Waals surface area contributed by atoms with Crippen molar-refractivity contribution in [2.24, 2.45) is 5.92 Å². The monoisotopic (exact) mass is 387 g/mol.